The predicted molar refractivity (Wildman–Crippen MR) is 96.8 cm³/mol. The molecule has 0 spiro atoms. The fourth-order valence-corrected chi connectivity index (χ4v) is 4.05. The summed E-state index contributed by atoms with van der Waals surface area (Å²) in [5, 5.41) is 20.6. The first kappa shape index (κ1) is 20.1. The number of anilines is 1. The number of nitrogens with one attached hydrogen (secondary N) is 2. The summed E-state index contributed by atoms with van der Waals surface area (Å²) in [7, 11) is -4.81. The molecule has 1 aliphatic rings. The standard InChI is InChI=1S/C16H12F2N6O4S.2H2/c1-8(11-4-2-9(6-19)22-23-11)20-13(25)7-24-16(26)21-12-5-3-10(17)14(18)15(12)29(24,27)28;;/h2-5,8H,7H2,1H3,(H,20,25)(H,21,26);2*1H/t8-;;/m1../s1. The van der Waals surface area contributed by atoms with Crippen LogP contribution in [0.25, 0.3) is 0 Å². The van der Waals surface area contributed by atoms with Crippen LogP contribution in [0.3, 0.4) is 0 Å². The molecule has 1 aromatic carbocycles. The van der Waals surface area contributed by atoms with E-state index in [1.54, 1.807) is 6.07 Å². The van der Waals surface area contributed by atoms with Crippen molar-refractivity contribution in [3.8, 4) is 6.07 Å². The van der Waals surface area contributed by atoms with E-state index < -0.39 is 56.8 Å². The highest BCUT2D eigenvalue weighted by Gasteiger charge is 2.41. The molecule has 2 N–H and O–H groups in total. The molecule has 2 aromatic rings. The molecule has 13 heteroatoms. The summed E-state index contributed by atoms with van der Waals surface area (Å²) in [5.41, 5.74) is -0.0789. The molecule has 154 valence electrons. The van der Waals surface area contributed by atoms with Gasteiger partial charge in [-0.25, -0.2) is 26.3 Å². The molecule has 0 radical (unpaired) electrons. The van der Waals surface area contributed by atoms with Gasteiger partial charge in [-0.15, -0.1) is 5.10 Å². The molecule has 10 nitrogen and oxygen atoms in total. The number of carbonyl (C=O) groups is 2. The van der Waals surface area contributed by atoms with E-state index in [9.17, 15) is 26.8 Å². The van der Waals surface area contributed by atoms with Gasteiger partial charge in [0.15, 0.2) is 17.3 Å². The van der Waals surface area contributed by atoms with E-state index in [2.05, 4.69) is 20.8 Å². The van der Waals surface area contributed by atoms with Gasteiger partial charge in [0.2, 0.25) is 5.91 Å². The Bertz CT molecular complexity index is 1160. The van der Waals surface area contributed by atoms with Crippen LogP contribution in [0.2, 0.25) is 0 Å². The van der Waals surface area contributed by atoms with Gasteiger partial charge >= 0.3 is 6.03 Å². The number of nitriles is 1. The second kappa shape index (κ2) is 7.40. The lowest BCUT2D eigenvalue weighted by Gasteiger charge is -2.28. The Morgan fingerprint density at radius 3 is 2.69 bits per heavy atom. The normalized spacial score (nSPS) is 15.7. The Balaban J connectivity index is 0.00000240. The molecular formula is C16H16F2N6O4S. The first-order chi connectivity index (χ1) is 13.6. The van der Waals surface area contributed by atoms with Crippen molar-refractivity contribution in [1.82, 2.24) is 19.8 Å². The number of hydrogen-bond acceptors (Lipinski definition) is 7. The fourth-order valence-electron chi connectivity index (χ4n) is 2.56. The SMILES string of the molecule is C[C@@H](NC(=O)CN1C(=O)Nc2ccc(F)c(F)c2S1(=O)=O)c1ccc(C#N)nn1.[HH].[HH]. The number of halogens is 2. The van der Waals surface area contributed by atoms with Gasteiger partial charge in [-0.2, -0.15) is 10.4 Å². The molecule has 29 heavy (non-hydrogen) atoms. The predicted octanol–water partition coefficient (Wildman–Crippen LogP) is 1.53. The van der Waals surface area contributed by atoms with Gasteiger partial charge in [-0.05, 0) is 31.2 Å². The molecule has 1 aliphatic heterocycles. The molecule has 1 atom stereocenters. The van der Waals surface area contributed by atoms with Crippen molar-refractivity contribution in [3.05, 3.63) is 47.3 Å². The Kier molecular flexibility index (Phi) is 5.12. The zero-order valence-corrected chi connectivity index (χ0v) is 15.5. The summed E-state index contributed by atoms with van der Waals surface area (Å²) < 4.78 is 52.8. The summed E-state index contributed by atoms with van der Waals surface area (Å²) >= 11 is 0. The van der Waals surface area contributed by atoms with Gasteiger partial charge in [-0.1, -0.05) is 0 Å². The highest BCUT2D eigenvalue weighted by atomic mass is 32.2. The molecule has 0 saturated heterocycles. The summed E-state index contributed by atoms with van der Waals surface area (Å²) in [6.45, 7) is 0.542. The Morgan fingerprint density at radius 1 is 1.34 bits per heavy atom. The molecule has 0 fully saturated rings. The van der Waals surface area contributed by atoms with Crippen LogP contribution in [-0.2, 0) is 14.8 Å². The van der Waals surface area contributed by atoms with Crippen LogP contribution in [-0.4, -0.2) is 41.4 Å². The largest absolute Gasteiger partial charge is 0.346 e. The molecule has 1 aromatic heterocycles. The molecule has 2 heterocycles. The van der Waals surface area contributed by atoms with E-state index in [-0.39, 0.29) is 18.5 Å². The van der Waals surface area contributed by atoms with E-state index in [1.807, 2.05) is 0 Å². The van der Waals surface area contributed by atoms with Crippen molar-refractivity contribution in [1.29, 1.82) is 5.26 Å². The maximum Gasteiger partial charge on any atom is 0.336 e. The summed E-state index contributed by atoms with van der Waals surface area (Å²) in [6.07, 6.45) is 0. The minimum atomic E-state index is -4.81. The van der Waals surface area contributed by atoms with Crippen molar-refractivity contribution in [2.75, 3.05) is 11.9 Å². The van der Waals surface area contributed by atoms with Crippen LogP contribution < -0.4 is 10.6 Å². The molecule has 3 rings (SSSR count). The second-order valence-corrected chi connectivity index (χ2v) is 7.72. The van der Waals surface area contributed by atoms with E-state index >= 15 is 0 Å². The monoisotopic (exact) mass is 426 g/mol. The number of sulfonamides is 1. The lowest BCUT2D eigenvalue weighted by atomic mass is 10.2. The maximum atomic E-state index is 14.0. The van der Waals surface area contributed by atoms with Crippen molar-refractivity contribution in [3.63, 3.8) is 0 Å². The number of carbonyl (C=O) groups excluding carboxylic acids is 2. The minimum Gasteiger partial charge on any atom is -0.346 e. The van der Waals surface area contributed by atoms with Crippen molar-refractivity contribution >= 4 is 27.6 Å². The smallest absolute Gasteiger partial charge is 0.336 e. The minimum absolute atomic E-state index is 0. The van der Waals surface area contributed by atoms with E-state index in [4.69, 9.17) is 5.26 Å². The number of fused-ring (bicyclic) bond motifs is 1. The van der Waals surface area contributed by atoms with Gasteiger partial charge in [0.25, 0.3) is 10.0 Å². The first-order valence-electron chi connectivity index (χ1n) is 8.00. The number of nitrogens with zero attached hydrogens (tertiary/aromatic N) is 4. The number of rotatable bonds is 4. The first-order valence-corrected chi connectivity index (χ1v) is 9.44. The van der Waals surface area contributed by atoms with Gasteiger partial charge in [-0.3, -0.25) is 4.79 Å². The van der Waals surface area contributed by atoms with Crippen LogP contribution in [0.4, 0.5) is 19.3 Å². The topological polar surface area (TPSA) is 145 Å². The van der Waals surface area contributed by atoms with Crippen molar-refractivity contribution in [2.45, 2.75) is 17.9 Å². The zero-order valence-electron chi connectivity index (χ0n) is 14.7. The third-order valence-corrected chi connectivity index (χ3v) is 5.76. The molecule has 0 bridgehead atoms. The Morgan fingerprint density at radius 2 is 2.07 bits per heavy atom. The zero-order chi connectivity index (χ0) is 21.3. The number of amides is 3. The van der Waals surface area contributed by atoms with Crippen molar-refractivity contribution < 1.29 is 29.6 Å². The second-order valence-electron chi connectivity index (χ2n) is 5.92. The van der Waals surface area contributed by atoms with E-state index in [0.717, 1.165) is 6.07 Å². The average Bonchev–Trinajstić information content (AvgIpc) is 2.67. The maximum absolute atomic E-state index is 14.0. The molecule has 0 aliphatic carbocycles. The third kappa shape index (κ3) is 3.69. The highest BCUT2D eigenvalue weighted by molar-refractivity contribution is 7.90. The highest BCUT2D eigenvalue weighted by Crippen LogP contribution is 2.33. The van der Waals surface area contributed by atoms with Gasteiger partial charge < -0.3 is 10.6 Å². The van der Waals surface area contributed by atoms with Crippen LogP contribution in [0.15, 0.2) is 29.2 Å². The number of hydrogen-bond donors (Lipinski definition) is 2. The van der Waals surface area contributed by atoms with Crippen LogP contribution in [0.1, 0.15) is 27.2 Å². The van der Waals surface area contributed by atoms with Crippen molar-refractivity contribution in [2.24, 2.45) is 0 Å². The number of urea groups is 1. The van der Waals surface area contributed by atoms with Gasteiger partial charge in [0.1, 0.15) is 17.5 Å². The molecular weight excluding hydrogens is 410 g/mol. The fraction of sp³-hybridized carbons (Fsp3) is 0.188. The molecule has 3 amide bonds. The Hall–Kier alpha value is -3.66. The molecule has 0 unspecified atom stereocenters. The van der Waals surface area contributed by atoms with Crippen LogP contribution in [0.5, 0.6) is 0 Å². The molecule has 0 saturated carbocycles. The summed E-state index contributed by atoms with van der Waals surface area (Å²) in [5.74, 6) is -3.97. The average molecular weight is 426 g/mol. The van der Waals surface area contributed by atoms with E-state index in [1.165, 1.54) is 19.1 Å². The van der Waals surface area contributed by atoms with Crippen LogP contribution in [0, 0.1) is 23.0 Å². The summed E-state index contributed by atoms with van der Waals surface area (Å²) in [4.78, 5) is 23.3. The number of benzene rings is 1. The quantitative estimate of drug-likeness (QED) is 0.754. The van der Waals surface area contributed by atoms with Crippen LogP contribution >= 0.6 is 0 Å². The van der Waals surface area contributed by atoms with Gasteiger partial charge in [0, 0.05) is 2.85 Å². The lowest BCUT2D eigenvalue weighted by molar-refractivity contribution is -0.121. The summed E-state index contributed by atoms with van der Waals surface area (Å²) in [6, 6.07) is 4.25. The third-order valence-electron chi connectivity index (χ3n) is 3.97. The lowest BCUT2D eigenvalue weighted by Crippen LogP contribution is -2.49. The van der Waals surface area contributed by atoms with Gasteiger partial charge in [0.05, 0.1) is 17.4 Å². The Labute approximate surface area is 166 Å². The van der Waals surface area contributed by atoms with E-state index in [0.29, 0.717) is 6.07 Å². The number of aromatic nitrogens is 2.